The zero-order chi connectivity index (χ0) is 16.9. The summed E-state index contributed by atoms with van der Waals surface area (Å²) in [5.41, 5.74) is 2.50. The van der Waals surface area contributed by atoms with Gasteiger partial charge in [0.15, 0.2) is 5.96 Å². The second-order valence-corrected chi connectivity index (χ2v) is 8.37. The number of hydrogen-bond acceptors (Lipinski definition) is 3. The van der Waals surface area contributed by atoms with Gasteiger partial charge in [-0.05, 0) is 38.8 Å². The summed E-state index contributed by atoms with van der Waals surface area (Å²) in [7, 11) is 3.60. The van der Waals surface area contributed by atoms with Crippen LogP contribution in [-0.2, 0) is 6.42 Å². The summed E-state index contributed by atoms with van der Waals surface area (Å²) in [5, 5.41) is 3.51. The summed E-state index contributed by atoms with van der Waals surface area (Å²) in [4.78, 5) is 6.82. The van der Waals surface area contributed by atoms with Crippen molar-refractivity contribution in [1.82, 2.24) is 10.2 Å². The number of nitrogens with one attached hydrogen (secondary N) is 1. The lowest BCUT2D eigenvalue weighted by atomic mass is 10.1. The van der Waals surface area contributed by atoms with E-state index in [0.717, 1.165) is 43.5 Å². The molecule has 0 amide bonds. The van der Waals surface area contributed by atoms with E-state index in [1.165, 1.54) is 11.1 Å². The second-order valence-electron chi connectivity index (χ2n) is 6.57. The van der Waals surface area contributed by atoms with E-state index in [4.69, 9.17) is 4.74 Å². The maximum absolute atomic E-state index is 5.46. The second kappa shape index (κ2) is 7.95. The number of ether oxygens (including phenoxy) is 1. The molecule has 5 heteroatoms. The molecule has 1 aliphatic rings. The molecular formula is C18H29N3OS. The fourth-order valence-electron chi connectivity index (χ4n) is 2.94. The minimum atomic E-state index is 0.287. The summed E-state index contributed by atoms with van der Waals surface area (Å²) in [6, 6.07) is 6.33. The van der Waals surface area contributed by atoms with Gasteiger partial charge in [0.05, 0.1) is 7.11 Å². The molecule has 1 heterocycles. The van der Waals surface area contributed by atoms with Gasteiger partial charge in [-0.15, -0.1) is 0 Å². The molecule has 1 aliphatic heterocycles. The summed E-state index contributed by atoms with van der Waals surface area (Å²) in [6.45, 7) is 9.66. The van der Waals surface area contributed by atoms with Gasteiger partial charge >= 0.3 is 0 Å². The molecule has 23 heavy (non-hydrogen) atoms. The van der Waals surface area contributed by atoms with Gasteiger partial charge in [-0.1, -0.05) is 17.7 Å². The molecule has 4 nitrogen and oxygen atoms in total. The van der Waals surface area contributed by atoms with E-state index >= 15 is 0 Å². The summed E-state index contributed by atoms with van der Waals surface area (Å²) >= 11 is 2.04. The zero-order valence-corrected chi connectivity index (χ0v) is 15.8. The smallest absolute Gasteiger partial charge is 0.193 e. The van der Waals surface area contributed by atoms with Gasteiger partial charge in [0.1, 0.15) is 5.75 Å². The first-order chi connectivity index (χ1) is 10.9. The topological polar surface area (TPSA) is 36.9 Å². The van der Waals surface area contributed by atoms with Crippen LogP contribution in [0.2, 0.25) is 0 Å². The van der Waals surface area contributed by atoms with E-state index in [1.807, 2.05) is 24.9 Å². The predicted molar refractivity (Wildman–Crippen MR) is 101 cm³/mol. The highest BCUT2D eigenvalue weighted by atomic mass is 32.2. The number of hydrogen-bond donors (Lipinski definition) is 1. The first-order valence-corrected chi connectivity index (χ1v) is 9.17. The Labute approximate surface area is 144 Å². The van der Waals surface area contributed by atoms with Crippen LogP contribution in [0.25, 0.3) is 0 Å². The van der Waals surface area contributed by atoms with Crippen LogP contribution in [0.15, 0.2) is 23.2 Å². The van der Waals surface area contributed by atoms with Crippen LogP contribution in [0.5, 0.6) is 5.75 Å². The minimum Gasteiger partial charge on any atom is -0.496 e. The van der Waals surface area contributed by atoms with Crippen LogP contribution in [0.1, 0.15) is 25.0 Å². The molecule has 1 aromatic carbocycles. The molecule has 2 rings (SSSR count). The molecule has 0 saturated carbocycles. The Bertz CT molecular complexity index is 557. The average Bonchev–Trinajstić information content (AvgIpc) is 2.51. The number of thioether (sulfide) groups is 1. The number of methoxy groups -OCH3 is 1. The van der Waals surface area contributed by atoms with Crippen molar-refractivity contribution in [1.29, 1.82) is 0 Å². The van der Waals surface area contributed by atoms with Crippen LogP contribution in [-0.4, -0.2) is 55.2 Å². The maximum atomic E-state index is 5.46. The molecule has 0 radical (unpaired) electrons. The third-order valence-corrected chi connectivity index (χ3v) is 5.35. The molecule has 1 fully saturated rings. The van der Waals surface area contributed by atoms with Crippen molar-refractivity contribution >= 4 is 17.7 Å². The summed E-state index contributed by atoms with van der Waals surface area (Å²) in [5.74, 6) is 3.12. The molecule has 0 unspecified atom stereocenters. The van der Waals surface area contributed by atoms with Gasteiger partial charge in [0.2, 0.25) is 0 Å². The predicted octanol–water partition coefficient (Wildman–Crippen LogP) is 2.95. The van der Waals surface area contributed by atoms with Gasteiger partial charge in [0, 0.05) is 37.2 Å². The Hall–Kier alpha value is -1.36. The van der Waals surface area contributed by atoms with Gasteiger partial charge in [-0.2, -0.15) is 11.8 Å². The summed E-state index contributed by atoms with van der Waals surface area (Å²) < 4.78 is 5.74. The van der Waals surface area contributed by atoms with Crippen molar-refractivity contribution in [3.8, 4) is 5.75 Å². The fourth-order valence-corrected chi connectivity index (χ4v) is 4.05. The van der Waals surface area contributed by atoms with E-state index in [2.05, 4.69) is 48.1 Å². The van der Waals surface area contributed by atoms with E-state index in [-0.39, 0.29) is 4.75 Å². The van der Waals surface area contributed by atoms with Gasteiger partial charge < -0.3 is 15.0 Å². The van der Waals surface area contributed by atoms with Crippen LogP contribution in [0.4, 0.5) is 0 Å². The molecule has 1 N–H and O–H groups in total. The maximum Gasteiger partial charge on any atom is 0.193 e. The quantitative estimate of drug-likeness (QED) is 0.678. The highest BCUT2D eigenvalue weighted by Crippen LogP contribution is 2.29. The van der Waals surface area contributed by atoms with Crippen LogP contribution < -0.4 is 10.1 Å². The molecule has 1 saturated heterocycles. The standard InChI is InChI=1S/C18H29N3OS/c1-14-6-7-16(22-5)15(12-14)8-9-20-17(19-4)21-10-11-23-18(2,3)13-21/h6-7,12H,8-11,13H2,1-5H3,(H,19,20). The number of benzene rings is 1. The Kier molecular flexibility index (Phi) is 6.22. The van der Waals surface area contributed by atoms with Crippen LogP contribution in [0, 0.1) is 6.92 Å². The number of nitrogens with zero attached hydrogens (tertiary/aromatic N) is 2. The van der Waals surface area contributed by atoms with Crippen molar-refractivity contribution in [3.05, 3.63) is 29.3 Å². The monoisotopic (exact) mass is 335 g/mol. The Balaban J connectivity index is 1.93. The van der Waals surface area contributed by atoms with Gasteiger partial charge in [0.25, 0.3) is 0 Å². The third-order valence-electron chi connectivity index (χ3n) is 4.05. The fraction of sp³-hybridized carbons (Fsp3) is 0.611. The lowest BCUT2D eigenvalue weighted by molar-refractivity contribution is 0.376. The zero-order valence-electron chi connectivity index (χ0n) is 15.0. The highest BCUT2D eigenvalue weighted by molar-refractivity contribution is 8.00. The van der Waals surface area contributed by atoms with E-state index in [1.54, 1.807) is 7.11 Å². The SMILES string of the molecule is CN=C(NCCc1cc(C)ccc1OC)N1CCSC(C)(C)C1. The first-order valence-electron chi connectivity index (χ1n) is 8.18. The van der Waals surface area contributed by atoms with E-state index in [0.29, 0.717) is 0 Å². The molecule has 128 valence electrons. The Morgan fingerprint density at radius 2 is 2.22 bits per heavy atom. The van der Waals surface area contributed by atoms with Gasteiger partial charge in [-0.25, -0.2) is 0 Å². The molecule has 0 aromatic heterocycles. The number of aryl methyl sites for hydroxylation is 1. The highest BCUT2D eigenvalue weighted by Gasteiger charge is 2.28. The Morgan fingerprint density at radius 3 is 2.87 bits per heavy atom. The van der Waals surface area contributed by atoms with Crippen LogP contribution in [0.3, 0.4) is 0 Å². The molecule has 0 bridgehead atoms. The number of aliphatic imine (C=N–C) groups is 1. The van der Waals surface area contributed by atoms with Crippen molar-refractivity contribution in [2.45, 2.75) is 31.9 Å². The molecule has 0 aliphatic carbocycles. The molecule has 0 atom stereocenters. The third kappa shape index (κ3) is 5.06. The summed E-state index contributed by atoms with van der Waals surface area (Å²) in [6.07, 6.45) is 0.926. The van der Waals surface area contributed by atoms with E-state index < -0.39 is 0 Å². The molecule has 1 aromatic rings. The minimum absolute atomic E-state index is 0.287. The van der Waals surface area contributed by atoms with Crippen LogP contribution >= 0.6 is 11.8 Å². The lowest BCUT2D eigenvalue weighted by Crippen LogP contribution is -2.51. The van der Waals surface area contributed by atoms with Crippen molar-refractivity contribution in [2.75, 3.05) is 39.5 Å². The Morgan fingerprint density at radius 1 is 1.43 bits per heavy atom. The average molecular weight is 336 g/mol. The van der Waals surface area contributed by atoms with Gasteiger partial charge in [-0.3, -0.25) is 4.99 Å². The molecule has 0 spiro atoms. The van der Waals surface area contributed by atoms with Crippen molar-refractivity contribution in [3.63, 3.8) is 0 Å². The normalized spacial score (nSPS) is 18.0. The lowest BCUT2D eigenvalue weighted by Gasteiger charge is -2.39. The largest absolute Gasteiger partial charge is 0.496 e. The number of rotatable bonds is 4. The first kappa shape index (κ1) is 18.0. The van der Waals surface area contributed by atoms with Crippen molar-refractivity contribution in [2.24, 2.45) is 4.99 Å². The number of guanidine groups is 1. The molecular weight excluding hydrogens is 306 g/mol. The van der Waals surface area contributed by atoms with E-state index in [9.17, 15) is 0 Å². The van der Waals surface area contributed by atoms with Crippen molar-refractivity contribution < 1.29 is 4.74 Å².